The summed E-state index contributed by atoms with van der Waals surface area (Å²) in [5.41, 5.74) is 0. The van der Waals surface area contributed by atoms with Crippen LogP contribution in [0, 0.1) is 0 Å². The van der Waals surface area contributed by atoms with Crippen molar-refractivity contribution in [3.05, 3.63) is 0 Å². The van der Waals surface area contributed by atoms with E-state index in [0.717, 1.165) is 52.4 Å². The summed E-state index contributed by atoms with van der Waals surface area (Å²) in [6.45, 7) is 24.5. The standard InChI is InChI=1S/C16H40N4OP2/c1-9-17(10-2)22(18(11-3)12-4)23(21,19(13-5)14-6)20(15-7)16-8/h9-16H2,1-8H3. The summed E-state index contributed by atoms with van der Waals surface area (Å²) in [6.07, 6.45) is 0. The minimum absolute atomic E-state index is 0.839. The molecule has 0 atom stereocenters. The molecule has 23 heavy (non-hydrogen) atoms. The van der Waals surface area contributed by atoms with Crippen molar-refractivity contribution in [1.29, 1.82) is 0 Å². The third-order valence-electron chi connectivity index (χ3n) is 4.40. The van der Waals surface area contributed by atoms with Crippen molar-refractivity contribution in [1.82, 2.24) is 18.7 Å². The lowest BCUT2D eigenvalue weighted by Crippen LogP contribution is -2.38. The largest absolute Gasteiger partial charge is 0.281 e. The highest BCUT2D eigenvalue weighted by Crippen LogP contribution is 2.81. The third kappa shape index (κ3) is 5.23. The lowest BCUT2D eigenvalue weighted by atomic mass is 10.7. The van der Waals surface area contributed by atoms with E-state index < -0.39 is 15.0 Å². The van der Waals surface area contributed by atoms with Gasteiger partial charge in [0.25, 0.3) is 7.13 Å². The van der Waals surface area contributed by atoms with Gasteiger partial charge in [0.15, 0.2) is 0 Å². The highest BCUT2D eigenvalue weighted by atomic mass is 32.1. The van der Waals surface area contributed by atoms with Crippen molar-refractivity contribution in [3.63, 3.8) is 0 Å². The zero-order chi connectivity index (χ0) is 18.0. The van der Waals surface area contributed by atoms with Gasteiger partial charge < -0.3 is 0 Å². The minimum atomic E-state index is -2.64. The van der Waals surface area contributed by atoms with E-state index in [9.17, 15) is 4.57 Å². The summed E-state index contributed by atoms with van der Waals surface area (Å²) < 4.78 is 23.9. The zero-order valence-corrected chi connectivity index (χ0v) is 18.5. The molecule has 0 aliphatic heterocycles. The summed E-state index contributed by atoms with van der Waals surface area (Å²) >= 11 is 0. The maximum Gasteiger partial charge on any atom is 0.265 e. The predicted octanol–water partition coefficient (Wildman–Crippen LogP) is 4.77. The van der Waals surface area contributed by atoms with Crippen LogP contribution in [0.25, 0.3) is 0 Å². The van der Waals surface area contributed by atoms with E-state index in [2.05, 4.69) is 74.1 Å². The topological polar surface area (TPSA) is 30.0 Å². The number of hydrogen-bond donors (Lipinski definition) is 0. The first-order valence-electron chi connectivity index (χ1n) is 9.37. The molecule has 0 spiro atoms. The summed E-state index contributed by atoms with van der Waals surface area (Å²) in [5, 5.41) is 0. The molecule has 0 rings (SSSR count). The molecule has 0 bridgehead atoms. The summed E-state index contributed by atoms with van der Waals surface area (Å²) in [6, 6.07) is 0. The summed E-state index contributed by atoms with van der Waals surface area (Å²) in [4.78, 5) is 0. The van der Waals surface area contributed by atoms with Crippen molar-refractivity contribution in [2.24, 2.45) is 0 Å². The average molecular weight is 366 g/mol. The zero-order valence-electron chi connectivity index (χ0n) is 16.7. The normalized spacial score (nSPS) is 13.3. The molecule has 0 aliphatic rings. The van der Waals surface area contributed by atoms with Gasteiger partial charge in [0.05, 0.1) is 0 Å². The highest BCUT2D eigenvalue weighted by Gasteiger charge is 2.47. The first kappa shape index (κ1) is 23.5. The van der Waals surface area contributed by atoms with E-state index in [1.165, 1.54) is 0 Å². The lowest BCUT2D eigenvalue weighted by molar-refractivity contribution is 0.361. The Morgan fingerprint density at radius 1 is 0.565 bits per heavy atom. The molecule has 0 aliphatic carbocycles. The van der Waals surface area contributed by atoms with Gasteiger partial charge in [-0.15, -0.1) is 0 Å². The fourth-order valence-electron chi connectivity index (χ4n) is 3.05. The van der Waals surface area contributed by atoms with Crippen LogP contribution in [0.2, 0.25) is 0 Å². The summed E-state index contributed by atoms with van der Waals surface area (Å²) in [7, 11) is -3.51. The molecule has 0 heterocycles. The second-order valence-corrected chi connectivity index (χ2v) is 11.8. The lowest BCUT2D eigenvalue weighted by Gasteiger charge is -2.48. The highest BCUT2D eigenvalue weighted by molar-refractivity contribution is 8.28. The smallest absolute Gasteiger partial charge is 0.265 e. The molecule has 0 N–H and O–H groups in total. The average Bonchev–Trinajstić information content (AvgIpc) is 2.57. The van der Waals surface area contributed by atoms with Crippen LogP contribution in [-0.4, -0.2) is 71.0 Å². The minimum Gasteiger partial charge on any atom is -0.281 e. The maximum absolute atomic E-state index is 14.6. The second kappa shape index (κ2) is 12.0. The number of hydrogen-bond acceptors (Lipinski definition) is 3. The molecule has 7 heteroatoms. The fourth-order valence-corrected chi connectivity index (χ4v) is 13.7. The van der Waals surface area contributed by atoms with Gasteiger partial charge in [-0.3, -0.25) is 13.9 Å². The van der Waals surface area contributed by atoms with Gasteiger partial charge in [-0.25, -0.2) is 9.34 Å². The van der Waals surface area contributed by atoms with Crippen LogP contribution in [0.1, 0.15) is 55.4 Å². The monoisotopic (exact) mass is 366 g/mol. The maximum atomic E-state index is 14.6. The molecule has 0 aromatic heterocycles. The molecular formula is C16H40N4OP2. The van der Waals surface area contributed by atoms with Gasteiger partial charge >= 0.3 is 0 Å². The van der Waals surface area contributed by atoms with E-state index in [0.29, 0.717) is 0 Å². The number of rotatable bonds is 13. The molecule has 0 aromatic carbocycles. The van der Waals surface area contributed by atoms with E-state index >= 15 is 0 Å². The molecule has 0 amide bonds. The first-order valence-corrected chi connectivity index (χ1v) is 12.9. The Hall–Kier alpha value is 0.500. The molecule has 0 saturated heterocycles. The van der Waals surface area contributed by atoms with E-state index in [-0.39, 0.29) is 0 Å². The van der Waals surface area contributed by atoms with Gasteiger partial charge in [-0.05, 0) is 0 Å². The number of nitrogens with zero attached hydrogens (tertiary/aromatic N) is 4. The van der Waals surface area contributed by atoms with Crippen LogP contribution < -0.4 is 0 Å². The van der Waals surface area contributed by atoms with Crippen molar-refractivity contribution < 1.29 is 4.57 Å². The van der Waals surface area contributed by atoms with Crippen molar-refractivity contribution in [2.75, 3.05) is 52.4 Å². The van der Waals surface area contributed by atoms with Gasteiger partial charge in [-0.1, -0.05) is 55.4 Å². The van der Waals surface area contributed by atoms with Crippen LogP contribution in [-0.2, 0) is 4.57 Å². The van der Waals surface area contributed by atoms with Crippen LogP contribution in [0.4, 0.5) is 0 Å². The van der Waals surface area contributed by atoms with Crippen LogP contribution >= 0.6 is 15.0 Å². The Morgan fingerprint density at radius 2 is 0.826 bits per heavy atom. The molecule has 140 valence electrons. The van der Waals surface area contributed by atoms with Gasteiger partial charge in [0.1, 0.15) is 7.91 Å². The van der Waals surface area contributed by atoms with Gasteiger partial charge in [0, 0.05) is 52.4 Å². The van der Waals surface area contributed by atoms with Crippen LogP contribution in [0.15, 0.2) is 0 Å². The van der Waals surface area contributed by atoms with Gasteiger partial charge in [0.2, 0.25) is 0 Å². The molecule has 5 nitrogen and oxygen atoms in total. The predicted molar refractivity (Wildman–Crippen MR) is 106 cm³/mol. The van der Waals surface area contributed by atoms with Crippen LogP contribution in [0.5, 0.6) is 0 Å². The molecular weight excluding hydrogens is 326 g/mol. The molecule has 0 radical (unpaired) electrons. The Bertz CT molecular complexity index is 313. The molecule has 0 aromatic rings. The summed E-state index contributed by atoms with van der Waals surface area (Å²) in [5.74, 6) is 0. The van der Waals surface area contributed by atoms with Crippen LogP contribution in [0.3, 0.4) is 0 Å². The first-order chi connectivity index (χ1) is 11.0. The van der Waals surface area contributed by atoms with E-state index in [1.54, 1.807) is 0 Å². The quantitative estimate of drug-likeness (QED) is 0.438. The van der Waals surface area contributed by atoms with E-state index in [4.69, 9.17) is 0 Å². The van der Waals surface area contributed by atoms with Crippen molar-refractivity contribution in [2.45, 2.75) is 55.4 Å². The van der Waals surface area contributed by atoms with Crippen molar-refractivity contribution in [3.8, 4) is 0 Å². The third-order valence-corrected chi connectivity index (χ3v) is 14.0. The fraction of sp³-hybridized carbons (Fsp3) is 1.00. The molecule has 0 unspecified atom stereocenters. The molecule has 0 saturated carbocycles. The molecule has 0 fully saturated rings. The Labute approximate surface area is 146 Å². The SMILES string of the molecule is CCN(CC)P(N(CC)CC)P(=O)(N(CC)CC)N(CC)CC. The second-order valence-electron chi connectivity index (χ2n) is 5.34. The Kier molecular flexibility index (Phi) is 12.2. The van der Waals surface area contributed by atoms with E-state index in [1.807, 2.05) is 0 Å². The van der Waals surface area contributed by atoms with Crippen molar-refractivity contribution >= 4 is 15.0 Å². The Balaban J connectivity index is 6.23. The Morgan fingerprint density at radius 3 is 1.00 bits per heavy atom. The van der Waals surface area contributed by atoms with Gasteiger partial charge in [-0.2, -0.15) is 0 Å².